The third-order valence-corrected chi connectivity index (χ3v) is 4.35. The first kappa shape index (κ1) is 16.8. The molecule has 1 unspecified atom stereocenters. The number of Topliss-reactive ketones (excluding diaryl/α,β-unsaturated/α-hetero) is 1. The molecule has 0 amide bonds. The lowest BCUT2D eigenvalue weighted by Crippen LogP contribution is -2.27. The van der Waals surface area contributed by atoms with Crippen LogP contribution in [0.15, 0.2) is 29.2 Å². The van der Waals surface area contributed by atoms with Gasteiger partial charge >= 0.3 is 5.97 Å². The SMILES string of the molecule is CCOC(=O)C(=O)C(Br)Cc1cccc(S(C)(=O)=O)c1. The summed E-state index contributed by atoms with van der Waals surface area (Å²) < 4.78 is 27.5. The normalized spacial score (nSPS) is 12.8. The molecule has 0 aliphatic rings. The second-order valence-electron chi connectivity index (χ2n) is 4.18. The molecule has 0 aromatic heterocycles. The number of sulfone groups is 1. The van der Waals surface area contributed by atoms with Crippen molar-refractivity contribution in [1.29, 1.82) is 0 Å². The van der Waals surface area contributed by atoms with Gasteiger partial charge in [0, 0.05) is 6.26 Å². The quantitative estimate of drug-likeness (QED) is 0.435. The molecule has 7 heteroatoms. The summed E-state index contributed by atoms with van der Waals surface area (Å²) in [6.07, 6.45) is 1.32. The molecule has 0 spiro atoms. The highest BCUT2D eigenvalue weighted by molar-refractivity contribution is 9.10. The lowest BCUT2D eigenvalue weighted by atomic mass is 10.1. The van der Waals surface area contributed by atoms with E-state index in [1.54, 1.807) is 19.1 Å². The predicted molar refractivity (Wildman–Crippen MR) is 77.6 cm³/mol. The van der Waals surface area contributed by atoms with Crippen molar-refractivity contribution >= 4 is 37.5 Å². The molecule has 1 rings (SSSR count). The molecule has 20 heavy (non-hydrogen) atoms. The van der Waals surface area contributed by atoms with Crippen LogP contribution in [0.5, 0.6) is 0 Å². The van der Waals surface area contributed by atoms with Crippen LogP contribution in [0, 0.1) is 0 Å². The summed E-state index contributed by atoms with van der Waals surface area (Å²) in [7, 11) is -3.30. The van der Waals surface area contributed by atoms with Gasteiger partial charge in [0.25, 0.3) is 5.78 Å². The highest BCUT2D eigenvalue weighted by Crippen LogP contribution is 2.16. The molecule has 0 bridgehead atoms. The number of halogens is 1. The summed E-state index contributed by atoms with van der Waals surface area (Å²) >= 11 is 3.13. The van der Waals surface area contributed by atoms with Gasteiger partial charge in [0.15, 0.2) is 9.84 Å². The van der Waals surface area contributed by atoms with E-state index in [0.29, 0.717) is 5.56 Å². The number of esters is 1. The van der Waals surface area contributed by atoms with Crippen molar-refractivity contribution in [1.82, 2.24) is 0 Å². The van der Waals surface area contributed by atoms with E-state index in [1.165, 1.54) is 12.1 Å². The number of rotatable bonds is 6. The van der Waals surface area contributed by atoms with E-state index in [0.717, 1.165) is 6.26 Å². The summed E-state index contributed by atoms with van der Waals surface area (Å²) in [5.74, 6) is -1.58. The molecule has 0 saturated heterocycles. The highest BCUT2D eigenvalue weighted by Gasteiger charge is 2.24. The van der Waals surface area contributed by atoms with Crippen molar-refractivity contribution in [2.75, 3.05) is 12.9 Å². The predicted octanol–water partition coefficient (Wildman–Crippen LogP) is 1.53. The maximum atomic E-state index is 11.7. The molecular weight excluding hydrogens is 348 g/mol. The van der Waals surface area contributed by atoms with Gasteiger partial charge in [-0.25, -0.2) is 13.2 Å². The minimum absolute atomic E-state index is 0.133. The Kier molecular flexibility index (Phi) is 5.88. The molecule has 0 N–H and O–H groups in total. The van der Waals surface area contributed by atoms with E-state index in [1.807, 2.05) is 0 Å². The fraction of sp³-hybridized carbons (Fsp3) is 0.385. The molecule has 5 nitrogen and oxygen atoms in total. The van der Waals surface area contributed by atoms with Crippen molar-refractivity contribution in [3.8, 4) is 0 Å². The number of hydrogen-bond donors (Lipinski definition) is 0. The molecule has 0 heterocycles. The molecule has 0 aliphatic carbocycles. The van der Waals surface area contributed by atoms with Crippen LogP contribution < -0.4 is 0 Å². The monoisotopic (exact) mass is 362 g/mol. The Morgan fingerprint density at radius 1 is 1.35 bits per heavy atom. The van der Waals surface area contributed by atoms with Crippen molar-refractivity contribution in [2.24, 2.45) is 0 Å². The second-order valence-corrected chi connectivity index (χ2v) is 7.30. The first-order valence-corrected chi connectivity index (χ1v) is 8.70. The van der Waals surface area contributed by atoms with Gasteiger partial charge < -0.3 is 4.74 Å². The Labute approximate surface area is 126 Å². The zero-order valence-electron chi connectivity index (χ0n) is 11.1. The first-order chi connectivity index (χ1) is 9.25. The number of alkyl halides is 1. The summed E-state index contributed by atoms with van der Waals surface area (Å²) in [6.45, 7) is 1.75. The van der Waals surface area contributed by atoms with Gasteiger partial charge in [0.05, 0.1) is 16.3 Å². The fourth-order valence-corrected chi connectivity index (χ4v) is 2.78. The van der Waals surface area contributed by atoms with Crippen molar-refractivity contribution in [3.63, 3.8) is 0 Å². The van der Waals surface area contributed by atoms with Crippen LogP contribution in [-0.4, -0.2) is 37.9 Å². The van der Waals surface area contributed by atoms with Crippen LogP contribution >= 0.6 is 15.9 Å². The van der Waals surface area contributed by atoms with Crippen LogP contribution in [0.3, 0.4) is 0 Å². The number of carbonyl (C=O) groups excluding carboxylic acids is 2. The summed E-state index contributed by atoms with van der Waals surface area (Å²) in [5, 5.41) is 0. The Hall–Kier alpha value is -1.21. The lowest BCUT2D eigenvalue weighted by molar-refractivity contribution is -0.153. The van der Waals surface area contributed by atoms with E-state index in [-0.39, 0.29) is 17.9 Å². The minimum atomic E-state index is -3.30. The van der Waals surface area contributed by atoms with Gasteiger partial charge in [-0.1, -0.05) is 28.1 Å². The van der Waals surface area contributed by atoms with Crippen LogP contribution in [0.1, 0.15) is 12.5 Å². The summed E-state index contributed by atoms with van der Waals surface area (Å²) in [4.78, 5) is 22.4. The van der Waals surface area contributed by atoms with Gasteiger partial charge in [0.2, 0.25) is 0 Å². The van der Waals surface area contributed by atoms with Crippen molar-refractivity contribution in [3.05, 3.63) is 29.8 Å². The molecule has 0 aliphatic heterocycles. The first-order valence-electron chi connectivity index (χ1n) is 5.89. The standard InChI is InChI=1S/C13H15BrO5S/c1-3-19-13(16)12(15)11(14)8-9-5-4-6-10(7-9)20(2,17)18/h4-7,11H,3,8H2,1-2H3. The lowest BCUT2D eigenvalue weighted by Gasteiger charge is -2.09. The van der Waals surface area contributed by atoms with E-state index in [4.69, 9.17) is 0 Å². The van der Waals surface area contributed by atoms with Crippen molar-refractivity contribution < 1.29 is 22.7 Å². The fourth-order valence-electron chi connectivity index (χ4n) is 1.53. The van der Waals surface area contributed by atoms with Crippen LogP contribution in [0.25, 0.3) is 0 Å². The molecule has 1 aromatic rings. The molecule has 0 saturated carbocycles. The highest BCUT2D eigenvalue weighted by atomic mass is 79.9. The number of ether oxygens (including phenoxy) is 1. The van der Waals surface area contributed by atoms with Gasteiger partial charge in [-0.05, 0) is 31.0 Å². The number of ketones is 1. The Balaban J connectivity index is 2.84. The average Bonchev–Trinajstić information content (AvgIpc) is 2.37. The summed E-state index contributed by atoms with van der Waals surface area (Å²) in [5.41, 5.74) is 0.646. The second kappa shape index (κ2) is 6.99. The molecule has 0 fully saturated rings. The maximum absolute atomic E-state index is 11.7. The maximum Gasteiger partial charge on any atom is 0.375 e. The van der Waals surface area contributed by atoms with Gasteiger partial charge in [-0.3, -0.25) is 4.79 Å². The molecular formula is C13H15BrO5S. The van der Waals surface area contributed by atoms with Crippen LogP contribution in [0.4, 0.5) is 0 Å². The zero-order valence-corrected chi connectivity index (χ0v) is 13.5. The minimum Gasteiger partial charge on any atom is -0.460 e. The van der Waals surface area contributed by atoms with Crippen molar-refractivity contribution in [2.45, 2.75) is 23.1 Å². The number of benzene rings is 1. The molecule has 1 atom stereocenters. The Bertz CT molecular complexity index is 609. The molecule has 0 radical (unpaired) electrons. The Morgan fingerprint density at radius 3 is 2.55 bits per heavy atom. The molecule has 110 valence electrons. The van der Waals surface area contributed by atoms with Gasteiger partial charge in [-0.2, -0.15) is 0 Å². The Morgan fingerprint density at radius 2 is 2.00 bits per heavy atom. The van der Waals surface area contributed by atoms with E-state index < -0.39 is 26.4 Å². The van der Waals surface area contributed by atoms with E-state index >= 15 is 0 Å². The number of hydrogen-bond acceptors (Lipinski definition) is 5. The van der Waals surface area contributed by atoms with E-state index in [9.17, 15) is 18.0 Å². The van der Waals surface area contributed by atoms with E-state index in [2.05, 4.69) is 20.7 Å². The molecule has 1 aromatic carbocycles. The third-order valence-electron chi connectivity index (χ3n) is 2.50. The third kappa shape index (κ3) is 4.72. The van der Waals surface area contributed by atoms with Gasteiger partial charge in [0.1, 0.15) is 0 Å². The smallest absolute Gasteiger partial charge is 0.375 e. The van der Waals surface area contributed by atoms with Crippen LogP contribution in [0.2, 0.25) is 0 Å². The summed E-state index contributed by atoms with van der Waals surface area (Å²) in [6, 6.07) is 6.26. The van der Waals surface area contributed by atoms with Gasteiger partial charge in [-0.15, -0.1) is 0 Å². The average molecular weight is 363 g/mol. The largest absolute Gasteiger partial charge is 0.460 e. The van der Waals surface area contributed by atoms with Crippen LogP contribution in [-0.2, 0) is 30.6 Å². The number of carbonyl (C=O) groups is 2. The topological polar surface area (TPSA) is 77.5 Å². The zero-order chi connectivity index (χ0) is 15.3.